The van der Waals surface area contributed by atoms with Gasteiger partial charge in [-0.15, -0.1) is 0 Å². The molecule has 0 rings (SSSR count). The van der Waals surface area contributed by atoms with Crippen molar-refractivity contribution in [3.63, 3.8) is 0 Å². The van der Waals surface area contributed by atoms with E-state index < -0.39 is 42.4 Å². The number of nitrogens with one attached hydrogen (secondary N) is 2. The molecule has 0 saturated heterocycles. The van der Waals surface area contributed by atoms with E-state index in [9.17, 15) is 19.2 Å². The molecule has 0 fully saturated rings. The quantitative estimate of drug-likeness (QED) is 0.279. The van der Waals surface area contributed by atoms with Gasteiger partial charge in [-0.1, -0.05) is 0 Å². The lowest BCUT2D eigenvalue weighted by molar-refractivity contribution is -0.139. The Kier molecular flexibility index (Phi) is 11.0. The molecule has 1 unspecified atom stereocenters. The molecular formula is C14H22N4O6S. The first-order chi connectivity index (χ1) is 11.7. The Morgan fingerprint density at radius 3 is 2.40 bits per heavy atom. The van der Waals surface area contributed by atoms with Crippen LogP contribution in [0.1, 0.15) is 19.8 Å². The van der Waals surface area contributed by atoms with Crippen LogP contribution >= 0.6 is 11.8 Å². The number of nitrogens with zero attached hydrogens (tertiary/aromatic N) is 1. The predicted octanol–water partition coefficient (Wildman–Crippen LogP) is -1.24. The van der Waals surface area contributed by atoms with Crippen LogP contribution in [0.15, 0.2) is 0 Å². The number of thioether (sulfide) groups is 1. The molecule has 6 N–H and O–H groups in total. The molecule has 0 aromatic carbocycles. The van der Waals surface area contributed by atoms with Crippen LogP contribution in [0.5, 0.6) is 0 Å². The van der Waals surface area contributed by atoms with Crippen molar-refractivity contribution in [2.45, 2.75) is 31.8 Å². The maximum absolute atomic E-state index is 12.0. The topological polar surface area (TPSA) is 183 Å². The van der Waals surface area contributed by atoms with Gasteiger partial charge in [-0.3, -0.25) is 19.2 Å². The Morgan fingerprint density at radius 1 is 1.24 bits per heavy atom. The van der Waals surface area contributed by atoms with Crippen LogP contribution in [0, 0.1) is 17.2 Å². The third-order valence-electron chi connectivity index (χ3n) is 2.94. The summed E-state index contributed by atoms with van der Waals surface area (Å²) < 4.78 is 0. The Morgan fingerprint density at radius 2 is 1.88 bits per heavy atom. The van der Waals surface area contributed by atoms with Crippen LogP contribution in [0.25, 0.3) is 0 Å². The summed E-state index contributed by atoms with van der Waals surface area (Å²) in [6.45, 7) is 1.12. The highest BCUT2D eigenvalue weighted by Crippen LogP contribution is 2.09. The van der Waals surface area contributed by atoms with Crippen LogP contribution in [0.2, 0.25) is 0 Å². The van der Waals surface area contributed by atoms with Gasteiger partial charge in [-0.05, 0) is 13.3 Å². The van der Waals surface area contributed by atoms with Gasteiger partial charge in [0, 0.05) is 17.9 Å². The molecule has 25 heavy (non-hydrogen) atoms. The lowest BCUT2D eigenvalue weighted by Crippen LogP contribution is -2.49. The number of aliphatic carboxylic acids is 2. The Balaban J connectivity index is 4.61. The van der Waals surface area contributed by atoms with Crippen LogP contribution < -0.4 is 16.4 Å². The minimum atomic E-state index is -1.23. The summed E-state index contributed by atoms with van der Waals surface area (Å²) in [5.74, 6) is -3.35. The van der Waals surface area contributed by atoms with Gasteiger partial charge in [-0.2, -0.15) is 17.0 Å². The molecule has 140 valence electrons. The Hall–Kier alpha value is -2.32. The third kappa shape index (κ3) is 11.0. The Labute approximate surface area is 149 Å². The molecule has 2 amide bonds. The zero-order valence-electron chi connectivity index (χ0n) is 13.7. The Bertz CT molecular complexity index is 536. The number of hydrogen-bond acceptors (Lipinski definition) is 7. The van der Waals surface area contributed by atoms with E-state index in [-0.39, 0.29) is 24.5 Å². The number of rotatable bonds is 12. The minimum absolute atomic E-state index is 0.0940. The molecule has 0 heterocycles. The molecule has 0 spiro atoms. The normalized spacial score (nSPS) is 13.8. The SMILES string of the molecule is CC(C#N)CSC[C@@H](NC(=O)CC[C@H](N)C(=O)O)C(=O)NCC(=O)O. The molecule has 0 aromatic heterocycles. The van der Waals surface area contributed by atoms with E-state index in [1.165, 1.54) is 11.8 Å². The van der Waals surface area contributed by atoms with E-state index in [1.807, 2.05) is 6.07 Å². The lowest BCUT2D eigenvalue weighted by atomic mass is 10.1. The maximum atomic E-state index is 12.0. The predicted molar refractivity (Wildman–Crippen MR) is 89.5 cm³/mol. The van der Waals surface area contributed by atoms with Crippen LogP contribution in [-0.2, 0) is 19.2 Å². The van der Waals surface area contributed by atoms with Crippen molar-refractivity contribution in [2.75, 3.05) is 18.1 Å². The molecular weight excluding hydrogens is 352 g/mol. The summed E-state index contributed by atoms with van der Waals surface area (Å²) in [5, 5.41) is 30.6. The fourth-order valence-electron chi connectivity index (χ4n) is 1.55. The molecule has 0 bridgehead atoms. The summed E-state index contributed by atoms with van der Waals surface area (Å²) in [6.07, 6.45) is -0.279. The zero-order valence-corrected chi connectivity index (χ0v) is 14.5. The van der Waals surface area contributed by atoms with E-state index >= 15 is 0 Å². The zero-order chi connectivity index (χ0) is 19.4. The number of carbonyl (C=O) groups is 4. The van der Waals surface area contributed by atoms with E-state index in [2.05, 4.69) is 10.6 Å². The van der Waals surface area contributed by atoms with E-state index in [0.29, 0.717) is 5.75 Å². The highest BCUT2D eigenvalue weighted by atomic mass is 32.2. The number of nitriles is 1. The summed E-state index contributed by atoms with van der Waals surface area (Å²) in [7, 11) is 0. The van der Waals surface area contributed by atoms with Gasteiger partial charge in [-0.25, -0.2) is 0 Å². The molecule has 0 radical (unpaired) electrons. The minimum Gasteiger partial charge on any atom is -0.480 e. The molecule has 0 saturated carbocycles. The second-order valence-electron chi connectivity index (χ2n) is 5.28. The standard InChI is InChI=1S/C14H22N4O6S/c1-8(4-15)6-25-7-10(13(22)17-5-12(20)21)18-11(19)3-2-9(16)14(23)24/h8-10H,2-3,5-7,16H2,1H3,(H,17,22)(H,18,19)(H,20,21)(H,23,24)/t8?,9-,10+/m0/s1. The van der Waals surface area contributed by atoms with Crippen molar-refractivity contribution in [1.82, 2.24) is 10.6 Å². The summed E-state index contributed by atoms with van der Waals surface area (Å²) in [4.78, 5) is 45.0. The van der Waals surface area contributed by atoms with Gasteiger partial charge in [0.05, 0.1) is 12.0 Å². The number of amides is 2. The fraction of sp³-hybridized carbons (Fsp3) is 0.643. The van der Waals surface area contributed by atoms with Gasteiger partial charge in [0.1, 0.15) is 18.6 Å². The number of hydrogen-bond donors (Lipinski definition) is 5. The van der Waals surface area contributed by atoms with Gasteiger partial charge in [0.25, 0.3) is 0 Å². The average molecular weight is 374 g/mol. The van der Waals surface area contributed by atoms with Crippen molar-refractivity contribution in [2.24, 2.45) is 11.7 Å². The highest BCUT2D eigenvalue weighted by molar-refractivity contribution is 7.99. The van der Waals surface area contributed by atoms with Gasteiger partial charge < -0.3 is 26.6 Å². The monoisotopic (exact) mass is 374 g/mol. The number of nitrogens with two attached hydrogens (primary N) is 1. The van der Waals surface area contributed by atoms with E-state index in [0.717, 1.165) is 0 Å². The summed E-state index contributed by atoms with van der Waals surface area (Å²) in [6, 6.07) is -0.145. The molecule has 0 aliphatic heterocycles. The van der Waals surface area contributed by atoms with Crippen LogP contribution in [-0.4, -0.2) is 64.1 Å². The highest BCUT2D eigenvalue weighted by Gasteiger charge is 2.22. The average Bonchev–Trinajstić information content (AvgIpc) is 2.55. The summed E-state index contributed by atoms with van der Waals surface area (Å²) >= 11 is 1.26. The van der Waals surface area contributed by atoms with Crippen molar-refractivity contribution in [3.05, 3.63) is 0 Å². The first kappa shape index (κ1) is 22.7. The molecule has 0 aromatic rings. The smallest absolute Gasteiger partial charge is 0.322 e. The lowest BCUT2D eigenvalue weighted by Gasteiger charge is -2.18. The molecule has 11 heteroatoms. The first-order valence-corrected chi connectivity index (χ1v) is 8.57. The van der Waals surface area contributed by atoms with Crippen molar-refractivity contribution < 1.29 is 29.4 Å². The second-order valence-corrected chi connectivity index (χ2v) is 6.36. The van der Waals surface area contributed by atoms with Crippen molar-refractivity contribution in [3.8, 4) is 6.07 Å². The van der Waals surface area contributed by atoms with E-state index in [4.69, 9.17) is 21.2 Å². The third-order valence-corrected chi connectivity index (χ3v) is 4.24. The number of carbonyl (C=O) groups excluding carboxylic acids is 2. The first-order valence-electron chi connectivity index (χ1n) is 7.42. The second kappa shape index (κ2) is 12.1. The number of carboxylic acids is 2. The molecule has 0 aliphatic rings. The maximum Gasteiger partial charge on any atom is 0.322 e. The van der Waals surface area contributed by atoms with E-state index in [1.54, 1.807) is 6.92 Å². The summed E-state index contributed by atoms with van der Waals surface area (Å²) in [5.41, 5.74) is 5.31. The van der Waals surface area contributed by atoms with Gasteiger partial charge in [0.15, 0.2) is 0 Å². The molecule has 10 nitrogen and oxygen atoms in total. The van der Waals surface area contributed by atoms with Crippen LogP contribution in [0.4, 0.5) is 0 Å². The molecule has 3 atom stereocenters. The van der Waals surface area contributed by atoms with Crippen molar-refractivity contribution in [1.29, 1.82) is 5.26 Å². The number of carboxylic acid groups (broad SMARTS) is 2. The largest absolute Gasteiger partial charge is 0.480 e. The van der Waals surface area contributed by atoms with Gasteiger partial charge >= 0.3 is 11.9 Å². The fourth-order valence-corrected chi connectivity index (χ4v) is 2.58. The van der Waals surface area contributed by atoms with Gasteiger partial charge in [0.2, 0.25) is 11.8 Å². The van der Waals surface area contributed by atoms with Crippen molar-refractivity contribution >= 4 is 35.5 Å². The van der Waals surface area contributed by atoms with Crippen LogP contribution in [0.3, 0.4) is 0 Å². The molecule has 0 aliphatic carbocycles.